The fourth-order valence-corrected chi connectivity index (χ4v) is 3.25. The Kier molecular flexibility index (Phi) is 7.11. The van der Waals surface area contributed by atoms with E-state index in [1.54, 1.807) is 7.11 Å². The SMILES string of the molecule is COc1ccc(N=C(CCCCCC2CCCC2)C(N)=O)cc1. The molecule has 4 nitrogen and oxygen atoms in total. The summed E-state index contributed by atoms with van der Waals surface area (Å²) in [5.41, 5.74) is 6.67. The van der Waals surface area contributed by atoms with Crippen molar-refractivity contribution in [2.75, 3.05) is 7.11 Å². The third kappa shape index (κ3) is 6.05. The van der Waals surface area contributed by atoms with E-state index in [-0.39, 0.29) is 0 Å². The van der Waals surface area contributed by atoms with Gasteiger partial charge in [0, 0.05) is 0 Å². The first-order valence-corrected chi connectivity index (χ1v) is 8.70. The number of nitrogens with zero attached hydrogens (tertiary/aromatic N) is 1. The minimum Gasteiger partial charge on any atom is -0.497 e. The lowest BCUT2D eigenvalue weighted by molar-refractivity contribution is -0.112. The smallest absolute Gasteiger partial charge is 0.263 e. The first-order valence-electron chi connectivity index (χ1n) is 8.70. The number of methoxy groups -OCH3 is 1. The summed E-state index contributed by atoms with van der Waals surface area (Å²) in [6, 6.07) is 7.34. The molecule has 2 rings (SSSR count). The Morgan fingerprint density at radius 1 is 1.17 bits per heavy atom. The number of carbonyl (C=O) groups excluding carboxylic acids is 1. The van der Waals surface area contributed by atoms with Gasteiger partial charge in [-0.2, -0.15) is 0 Å². The lowest BCUT2D eigenvalue weighted by Crippen LogP contribution is -2.23. The molecule has 0 heterocycles. The molecule has 1 aromatic rings. The van der Waals surface area contributed by atoms with Crippen molar-refractivity contribution in [3.8, 4) is 5.75 Å². The molecule has 0 atom stereocenters. The van der Waals surface area contributed by atoms with Gasteiger partial charge in [0.1, 0.15) is 11.5 Å². The number of hydrogen-bond acceptors (Lipinski definition) is 3. The number of nitrogens with two attached hydrogens (primary N) is 1. The number of carbonyl (C=O) groups is 1. The molecule has 126 valence electrons. The van der Waals surface area contributed by atoms with Gasteiger partial charge < -0.3 is 10.5 Å². The van der Waals surface area contributed by atoms with Gasteiger partial charge in [0.2, 0.25) is 0 Å². The molecule has 1 aliphatic carbocycles. The second kappa shape index (κ2) is 9.33. The van der Waals surface area contributed by atoms with Crippen molar-refractivity contribution in [2.24, 2.45) is 16.6 Å². The Hall–Kier alpha value is -1.84. The highest BCUT2D eigenvalue weighted by Crippen LogP contribution is 2.29. The maximum Gasteiger partial charge on any atom is 0.263 e. The summed E-state index contributed by atoms with van der Waals surface area (Å²) in [6.45, 7) is 0. The molecule has 0 unspecified atom stereocenters. The quantitative estimate of drug-likeness (QED) is 0.542. The molecular weight excluding hydrogens is 288 g/mol. The molecule has 1 fully saturated rings. The topological polar surface area (TPSA) is 64.7 Å². The van der Waals surface area contributed by atoms with Crippen molar-refractivity contribution >= 4 is 17.3 Å². The molecule has 23 heavy (non-hydrogen) atoms. The highest BCUT2D eigenvalue weighted by atomic mass is 16.5. The molecule has 0 spiro atoms. The van der Waals surface area contributed by atoms with Crippen LogP contribution in [0.25, 0.3) is 0 Å². The van der Waals surface area contributed by atoms with E-state index in [4.69, 9.17) is 10.5 Å². The number of primary amides is 1. The monoisotopic (exact) mass is 316 g/mol. The van der Waals surface area contributed by atoms with Gasteiger partial charge in [-0.3, -0.25) is 4.79 Å². The Bertz CT molecular complexity index is 517. The second-order valence-electron chi connectivity index (χ2n) is 6.37. The largest absolute Gasteiger partial charge is 0.497 e. The third-order valence-electron chi connectivity index (χ3n) is 4.62. The van der Waals surface area contributed by atoms with Crippen molar-refractivity contribution in [1.82, 2.24) is 0 Å². The standard InChI is InChI=1S/C19H28N2O2/c1-23-17-13-11-16(12-14-17)21-18(19(20)22)10-4-2-3-7-15-8-5-6-9-15/h11-15H,2-10H2,1H3,(H2,20,22). The number of hydrogen-bond donors (Lipinski definition) is 1. The Morgan fingerprint density at radius 3 is 2.48 bits per heavy atom. The second-order valence-corrected chi connectivity index (χ2v) is 6.37. The predicted octanol–water partition coefficient (Wildman–Crippen LogP) is 4.39. The number of amides is 1. The zero-order valence-electron chi connectivity index (χ0n) is 14.1. The van der Waals surface area contributed by atoms with Crippen LogP contribution in [0.4, 0.5) is 5.69 Å². The Balaban J connectivity index is 1.78. The van der Waals surface area contributed by atoms with Gasteiger partial charge >= 0.3 is 0 Å². The van der Waals surface area contributed by atoms with Crippen LogP contribution in [0.5, 0.6) is 5.75 Å². The lowest BCUT2D eigenvalue weighted by atomic mass is 9.99. The van der Waals surface area contributed by atoms with Crippen LogP contribution in [-0.4, -0.2) is 18.7 Å². The van der Waals surface area contributed by atoms with Crippen LogP contribution in [0.3, 0.4) is 0 Å². The first kappa shape index (κ1) is 17.5. The molecular formula is C19H28N2O2. The first-order chi connectivity index (χ1) is 11.2. The van der Waals surface area contributed by atoms with Gasteiger partial charge in [-0.05, 0) is 43.0 Å². The van der Waals surface area contributed by atoms with Crippen molar-refractivity contribution in [1.29, 1.82) is 0 Å². The summed E-state index contributed by atoms with van der Waals surface area (Å²) in [5, 5.41) is 0. The highest BCUT2D eigenvalue weighted by molar-refractivity contribution is 6.38. The van der Waals surface area contributed by atoms with Gasteiger partial charge in [-0.25, -0.2) is 4.99 Å². The fraction of sp³-hybridized carbons (Fsp3) is 0.579. The van der Waals surface area contributed by atoms with Gasteiger partial charge in [0.25, 0.3) is 5.91 Å². The van der Waals surface area contributed by atoms with Crippen LogP contribution in [0, 0.1) is 5.92 Å². The maximum atomic E-state index is 11.6. The van der Waals surface area contributed by atoms with E-state index in [1.165, 1.54) is 38.5 Å². The normalized spacial score (nSPS) is 15.8. The van der Waals surface area contributed by atoms with Crippen molar-refractivity contribution in [3.63, 3.8) is 0 Å². The molecule has 1 saturated carbocycles. The fourth-order valence-electron chi connectivity index (χ4n) is 3.25. The maximum absolute atomic E-state index is 11.6. The average Bonchev–Trinajstić information content (AvgIpc) is 3.07. The minimum atomic E-state index is -0.420. The van der Waals surface area contributed by atoms with E-state index < -0.39 is 5.91 Å². The molecule has 0 radical (unpaired) electrons. The van der Waals surface area contributed by atoms with Gasteiger partial charge in [0.15, 0.2) is 0 Å². The van der Waals surface area contributed by atoms with E-state index in [0.29, 0.717) is 12.1 Å². The van der Waals surface area contributed by atoms with Crippen molar-refractivity contribution < 1.29 is 9.53 Å². The molecule has 4 heteroatoms. The zero-order chi connectivity index (χ0) is 16.5. The molecule has 0 aromatic heterocycles. The minimum absolute atomic E-state index is 0.420. The Labute approximate surface area is 139 Å². The summed E-state index contributed by atoms with van der Waals surface area (Å²) in [6.07, 6.45) is 11.0. The van der Waals surface area contributed by atoms with E-state index in [0.717, 1.165) is 30.2 Å². The summed E-state index contributed by atoms with van der Waals surface area (Å²) in [5.74, 6) is 1.30. The molecule has 1 aliphatic rings. The van der Waals surface area contributed by atoms with E-state index >= 15 is 0 Å². The van der Waals surface area contributed by atoms with Crippen LogP contribution >= 0.6 is 0 Å². The number of benzene rings is 1. The van der Waals surface area contributed by atoms with Gasteiger partial charge in [-0.1, -0.05) is 44.9 Å². The van der Waals surface area contributed by atoms with Gasteiger partial charge in [0.05, 0.1) is 12.8 Å². The summed E-state index contributed by atoms with van der Waals surface area (Å²) in [4.78, 5) is 16.0. The molecule has 1 aromatic carbocycles. The predicted molar refractivity (Wildman–Crippen MR) is 94.3 cm³/mol. The number of ether oxygens (including phenoxy) is 1. The van der Waals surface area contributed by atoms with E-state index in [9.17, 15) is 4.79 Å². The number of rotatable bonds is 9. The third-order valence-corrected chi connectivity index (χ3v) is 4.62. The zero-order valence-corrected chi connectivity index (χ0v) is 14.1. The van der Waals surface area contributed by atoms with Crippen LogP contribution in [0.2, 0.25) is 0 Å². The summed E-state index contributed by atoms with van der Waals surface area (Å²) in [7, 11) is 1.62. The van der Waals surface area contributed by atoms with Crippen LogP contribution in [0.1, 0.15) is 57.8 Å². The molecule has 1 amide bonds. The summed E-state index contributed by atoms with van der Waals surface area (Å²) < 4.78 is 5.12. The van der Waals surface area contributed by atoms with E-state index in [1.807, 2.05) is 24.3 Å². The molecule has 0 bridgehead atoms. The van der Waals surface area contributed by atoms with Gasteiger partial charge in [-0.15, -0.1) is 0 Å². The van der Waals surface area contributed by atoms with Crippen LogP contribution in [-0.2, 0) is 4.79 Å². The molecule has 0 aliphatic heterocycles. The van der Waals surface area contributed by atoms with Crippen LogP contribution in [0.15, 0.2) is 29.3 Å². The van der Waals surface area contributed by atoms with Crippen molar-refractivity contribution in [2.45, 2.75) is 57.8 Å². The van der Waals surface area contributed by atoms with E-state index in [2.05, 4.69) is 4.99 Å². The Morgan fingerprint density at radius 2 is 1.87 bits per heavy atom. The van der Waals surface area contributed by atoms with Crippen molar-refractivity contribution in [3.05, 3.63) is 24.3 Å². The molecule has 2 N–H and O–H groups in total. The lowest BCUT2D eigenvalue weighted by Gasteiger charge is -2.08. The molecule has 0 saturated heterocycles. The number of unbranched alkanes of at least 4 members (excludes halogenated alkanes) is 2. The number of aliphatic imine (C=N–C) groups is 1. The highest BCUT2D eigenvalue weighted by Gasteiger charge is 2.14. The average molecular weight is 316 g/mol. The summed E-state index contributed by atoms with van der Waals surface area (Å²) >= 11 is 0. The van der Waals surface area contributed by atoms with Crippen LogP contribution < -0.4 is 10.5 Å².